The van der Waals surface area contributed by atoms with Gasteiger partial charge in [-0.05, 0) is 0 Å². The fourth-order valence-corrected chi connectivity index (χ4v) is 2.36. The van der Waals surface area contributed by atoms with Gasteiger partial charge in [-0.25, -0.2) is 4.98 Å². The van der Waals surface area contributed by atoms with E-state index in [4.69, 9.17) is 0 Å². The molecular formula is C4H4N2S2. The van der Waals surface area contributed by atoms with Crippen LogP contribution < -0.4 is 5.32 Å². The molecule has 1 aromatic heterocycles. The molecule has 1 aromatic rings. The maximum absolute atomic E-state index is 4.12. The highest BCUT2D eigenvalue weighted by molar-refractivity contribution is 8.00. The molecule has 0 atom stereocenters. The van der Waals surface area contributed by atoms with Crippen LogP contribution in [0.2, 0.25) is 0 Å². The summed E-state index contributed by atoms with van der Waals surface area (Å²) in [4.78, 5) is 4.12. The number of anilines is 1. The van der Waals surface area contributed by atoms with Crippen molar-refractivity contribution in [1.82, 2.24) is 4.98 Å². The van der Waals surface area contributed by atoms with Gasteiger partial charge in [-0.2, -0.15) is 0 Å². The van der Waals surface area contributed by atoms with Crippen LogP contribution in [0, 0.1) is 0 Å². The average molecular weight is 144 g/mol. The molecule has 8 heavy (non-hydrogen) atoms. The number of nitrogens with one attached hydrogen (secondary N) is 1. The third-order valence-corrected chi connectivity index (χ3v) is 2.76. The number of rotatable bonds is 0. The van der Waals surface area contributed by atoms with Crippen LogP contribution in [-0.4, -0.2) is 10.9 Å². The van der Waals surface area contributed by atoms with E-state index in [1.807, 2.05) is 5.51 Å². The van der Waals surface area contributed by atoms with Crippen LogP contribution in [0.3, 0.4) is 0 Å². The lowest BCUT2D eigenvalue weighted by Gasteiger charge is -1.83. The molecule has 4 heteroatoms. The summed E-state index contributed by atoms with van der Waals surface area (Å²) in [6, 6.07) is 0. The fourth-order valence-electron chi connectivity index (χ4n) is 0.626. The molecule has 2 nitrogen and oxygen atoms in total. The minimum atomic E-state index is 0.995. The molecule has 1 N–H and O–H groups in total. The second-order valence-electron chi connectivity index (χ2n) is 1.45. The predicted molar refractivity (Wildman–Crippen MR) is 36.5 cm³/mol. The highest BCUT2D eigenvalue weighted by Crippen LogP contribution is 2.34. The van der Waals surface area contributed by atoms with Gasteiger partial charge in [0.1, 0.15) is 10.0 Å². The molecule has 0 saturated heterocycles. The highest BCUT2D eigenvalue weighted by Gasteiger charge is 2.11. The molecule has 0 spiro atoms. The molecule has 0 aliphatic carbocycles. The molecule has 2 rings (SSSR count). The Morgan fingerprint density at radius 3 is 3.62 bits per heavy atom. The van der Waals surface area contributed by atoms with Gasteiger partial charge in [0, 0.05) is 0 Å². The van der Waals surface area contributed by atoms with Crippen LogP contribution in [0.5, 0.6) is 0 Å². The van der Waals surface area contributed by atoms with Crippen LogP contribution >= 0.6 is 23.1 Å². The van der Waals surface area contributed by atoms with Gasteiger partial charge in [0.2, 0.25) is 0 Å². The Labute approximate surface area is 55.3 Å². The number of thiazole rings is 1. The summed E-state index contributed by atoms with van der Waals surface area (Å²) in [5.74, 6) is 0.995. The number of fused-ring (bicyclic) bond motifs is 1. The van der Waals surface area contributed by atoms with Crippen molar-refractivity contribution >= 4 is 28.1 Å². The van der Waals surface area contributed by atoms with Gasteiger partial charge in [0.15, 0.2) is 0 Å². The average Bonchev–Trinajstić information content (AvgIpc) is 2.15. The highest BCUT2D eigenvalue weighted by atomic mass is 32.2. The van der Waals surface area contributed by atoms with E-state index < -0.39 is 0 Å². The minimum Gasteiger partial charge on any atom is -0.365 e. The van der Waals surface area contributed by atoms with Crippen molar-refractivity contribution in [2.75, 3.05) is 11.2 Å². The number of hydrogen-bond donors (Lipinski definition) is 1. The molecule has 2 heterocycles. The van der Waals surface area contributed by atoms with E-state index in [9.17, 15) is 0 Å². The molecule has 0 saturated carbocycles. The van der Waals surface area contributed by atoms with Crippen LogP contribution in [0.25, 0.3) is 0 Å². The molecule has 0 fully saturated rings. The Balaban J connectivity index is 2.54. The Hall–Kier alpha value is -0.220. The normalized spacial score (nSPS) is 15.5. The summed E-state index contributed by atoms with van der Waals surface area (Å²) in [7, 11) is 0. The van der Waals surface area contributed by atoms with Gasteiger partial charge >= 0.3 is 0 Å². The number of nitrogens with zero attached hydrogens (tertiary/aromatic N) is 1. The molecule has 1 aliphatic rings. The van der Waals surface area contributed by atoms with E-state index in [-0.39, 0.29) is 0 Å². The Kier molecular flexibility index (Phi) is 0.947. The molecule has 0 amide bonds. The van der Waals surface area contributed by atoms with E-state index in [1.165, 1.54) is 5.00 Å². The van der Waals surface area contributed by atoms with Gasteiger partial charge in [0.05, 0.1) is 11.4 Å². The topological polar surface area (TPSA) is 24.9 Å². The summed E-state index contributed by atoms with van der Waals surface area (Å²) in [5, 5.41) is 5.59. The third-order valence-electron chi connectivity index (χ3n) is 0.976. The monoisotopic (exact) mass is 144 g/mol. The first kappa shape index (κ1) is 4.64. The second kappa shape index (κ2) is 1.63. The van der Waals surface area contributed by atoms with Crippen LogP contribution in [0.15, 0.2) is 10.5 Å². The predicted octanol–water partition coefficient (Wildman–Crippen LogP) is 1.62. The second-order valence-corrected chi connectivity index (χ2v) is 3.27. The molecule has 0 unspecified atom stereocenters. The van der Waals surface area contributed by atoms with Crippen molar-refractivity contribution in [2.45, 2.75) is 5.03 Å². The van der Waals surface area contributed by atoms with Gasteiger partial charge < -0.3 is 5.32 Å². The first-order valence-corrected chi connectivity index (χ1v) is 4.13. The summed E-state index contributed by atoms with van der Waals surface area (Å²) in [5.41, 5.74) is 1.86. The first-order valence-electron chi connectivity index (χ1n) is 2.27. The van der Waals surface area contributed by atoms with E-state index in [0.717, 1.165) is 10.9 Å². The lowest BCUT2D eigenvalue weighted by Crippen LogP contribution is -1.84. The molecule has 1 aliphatic heterocycles. The number of hydrogen-bond acceptors (Lipinski definition) is 4. The Morgan fingerprint density at radius 1 is 1.75 bits per heavy atom. The van der Waals surface area contributed by atoms with E-state index in [0.29, 0.717) is 0 Å². The zero-order chi connectivity index (χ0) is 5.40. The van der Waals surface area contributed by atoms with Crippen molar-refractivity contribution in [3.8, 4) is 0 Å². The fraction of sp³-hybridized carbons (Fsp3) is 0.250. The SMILES string of the molecule is c1nc2c(s1)NCS2. The number of aromatic nitrogens is 1. The zero-order valence-corrected chi connectivity index (χ0v) is 5.68. The van der Waals surface area contributed by atoms with E-state index >= 15 is 0 Å². The molecule has 0 radical (unpaired) electrons. The smallest absolute Gasteiger partial charge is 0.132 e. The standard InChI is InChI=1S/C4H4N2S2/c1-5-3-4(7-1)6-2-8-3/h1,6H,2H2. The van der Waals surface area contributed by atoms with Gasteiger partial charge in [-0.1, -0.05) is 11.8 Å². The quantitative estimate of drug-likeness (QED) is 0.599. The van der Waals surface area contributed by atoms with Crippen molar-refractivity contribution in [3.63, 3.8) is 0 Å². The summed E-state index contributed by atoms with van der Waals surface area (Å²) < 4.78 is 0. The maximum Gasteiger partial charge on any atom is 0.132 e. The lowest BCUT2D eigenvalue weighted by molar-refractivity contribution is 1.22. The van der Waals surface area contributed by atoms with E-state index in [1.54, 1.807) is 23.1 Å². The Bertz CT molecular complexity index is 177. The Morgan fingerprint density at radius 2 is 2.75 bits per heavy atom. The van der Waals surface area contributed by atoms with Gasteiger partial charge in [-0.3, -0.25) is 0 Å². The minimum absolute atomic E-state index is 0.995. The molecule has 42 valence electrons. The zero-order valence-electron chi connectivity index (χ0n) is 4.05. The van der Waals surface area contributed by atoms with Gasteiger partial charge in [0.25, 0.3) is 0 Å². The molecule has 0 bridgehead atoms. The van der Waals surface area contributed by atoms with Crippen LogP contribution in [-0.2, 0) is 0 Å². The van der Waals surface area contributed by atoms with Crippen molar-refractivity contribution in [3.05, 3.63) is 5.51 Å². The largest absolute Gasteiger partial charge is 0.365 e. The summed E-state index contributed by atoms with van der Waals surface area (Å²) in [6.45, 7) is 0. The third kappa shape index (κ3) is 0.530. The summed E-state index contributed by atoms with van der Waals surface area (Å²) in [6.07, 6.45) is 0. The first-order chi connectivity index (χ1) is 3.97. The van der Waals surface area contributed by atoms with Crippen LogP contribution in [0.1, 0.15) is 0 Å². The van der Waals surface area contributed by atoms with Crippen molar-refractivity contribution in [1.29, 1.82) is 0 Å². The van der Waals surface area contributed by atoms with Crippen LogP contribution in [0.4, 0.5) is 5.00 Å². The lowest BCUT2D eigenvalue weighted by atomic mass is 10.8. The van der Waals surface area contributed by atoms with Crippen molar-refractivity contribution in [2.24, 2.45) is 0 Å². The van der Waals surface area contributed by atoms with Crippen molar-refractivity contribution < 1.29 is 0 Å². The summed E-state index contributed by atoms with van der Waals surface area (Å²) >= 11 is 3.43. The molecule has 0 aromatic carbocycles. The maximum atomic E-state index is 4.12. The number of thioether (sulfide) groups is 1. The van der Waals surface area contributed by atoms with E-state index in [2.05, 4.69) is 10.3 Å². The van der Waals surface area contributed by atoms with Gasteiger partial charge in [-0.15, -0.1) is 11.3 Å². The molecular weight excluding hydrogens is 140 g/mol.